The quantitative estimate of drug-likeness (QED) is 0.372. The minimum absolute atomic E-state index is 0.180. The van der Waals surface area contributed by atoms with Crippen LogP contribution in [-0.4, -0.2) is 34.9 Å². The van der Waals surface area contributed by atoms with Crippen molar-refractivity contribution >= 4 is 54.4 Å². The summed E-state index contributed by atoms with van der Waals surface area (Å²) >= 11 is 7.03. The SMILES string of the molecule is C[C@@H](C(=O)NC(C)(C)C)N(Cc1ccc(Br)cc1)C(=O)COc1ccc2ccccc2c1Br. The summed E-state index contributed by atoms with van der Waals surface area (Å²) < 4.78 is 7.65. The van der Waals surface area contributed by atoms with E-state index in [4.69, 9.17) is 4.74 Å². The fourth-order valence-corrected chi connectivity index (χ4v) is 4.26. The second-order valence-corrected chi connectivity index (χ2v) is 10.7. The standard InChI is InChI=1S/C26H28Br2N2O3/c1-17(25(32)29-26(2,3)4)30(15-18-9-12-20(27)13-10-18)23(31)16-33-22-14-11-19-7-5-6-8-21(19)24(22)28/h5-14,17H,15-16H2,1-4H3,(H,29,32)/t17-/m0/s1. The van der Waals surface area contributed by atoms with E-state index in [1.165, 1.54) is 0 Å². The first-order valence-electron chi connectivity index (χ1n) is 10.7. The number of ether oxygens (including phenoxy) is 1. The Balaban J connectivity index is 1.80. The molecule has 0 aromatic heterocycles. The lowest BCUT2D eigenvalue weighted by atomic mass is 10.1. The molecule has 1 atom stereocenters. The Morgan fingerprint density at radius 3 is 2.33 bits per heavy atom. The fourth-order valence-electron chi connectivity index (χ4n) is 3.39. The van der Waals surface area contributed by atoms with E-state index in [1.807, 2.05) is 81.4 Å². The van der Waals surface area contributed by atoms with Gasteiger partial charge in [-0.15, -0.1) is 0 Å². The number of benzene rings is 3. The molecule has 0 bridgehead atoms. The van der Waals surface area contributed by atoms with Crippen LogP contribution in [0.5, 0.6) is 5.75 Å². The van der Waals surface area contributed by atoms with E-state index in [9.17, 15) is 9.59 Å². The zero-order valence-electron chi connectivity index (χ0n) is 19.2. The molecule has 2 amide bonds. The first-order chi connectivity index (χ1) is 15.5. The lowest BCUT2D eigenvalue weighted by molar-refractivity contribution is -0.142. The Bertz CT molecular complexity index is 1140. The molecule has 0 saturated heterocycles. The number of hydrogen-bond donors (Lipinski definition) is 1. The monoisotopic (exact) mass is 574 g/mol. The maximum absolute atomic E-state index is 13.3. The first-order valence-corrected chi connectivity index (χ1v) is 12.3. The molecular weight excluding hydrogens is 548 g/mol. The van der Waals surface area contributed by atoms with Crippen molar-refractivity contribution in [3.05, 3.63) is 75.2 Å². The van der Waals surface area contributed by atoms with Crippen LogP contribution in [0.25, 0.3) is 10.8 Å². The van der Waals surface area contributed by atoms with Gasteiger partial charge >= 0.3 is 0 Å². The Labute approximate surface area is 211 Å². The molecule has 0 radical (unpaired) electrons. The molecule has 0 saturated carbocycles. The van der Waals surface area contributed by atoms with E-state index in [0.717, 1.165) is 25.3 Å². The van der Waals surface area contributed by atoms with E-state index >= 15 is 0 Å². The first kappa shape index (κ1) is 25.2. The minimum Gasteiger partial charge on any atom is -0.483 e. The summed E-state index contributed by atoms with van der Waals surface area (Å²) in [6.45, 7) is 7.61. The topological polar surface area (TPSA) is 58.6 Å². The number of nitrogens with zero attached hydrogens (tertiary/aromatic N) is 1. The molecule has 0 spiro atoms. The number of carbonyl (C=O) groups excluding carboxylic acids is 2. The third kappa shape index (κ3) is 6.81. The van der Waals surface area contributed by atoms with Gasteiger partial charge in [0, 0.05) is 16.6 Å². The van der Waals surface area contributed by atoms with Crippen LogP contribution in [0, 0.1) is 0 Å². The van der Waals surface area contributed by atoms with Gasteiger partial charge in [0.15, 0.2) is 6.61 Å². The van der Waals surface area contributed by atoms with E-state index in [0.29, 0.717) is 12.3 Å². The van der Waals surface area contributed by atoms with Crippen molar-refractivity contribution in [3.63, 3.8) is 0 Å². The zero-order chi connectivity index (χ0) is 24.2. The average Bonchev–Trinajstić information content (AvgIpc) is 2.76. The minimum atomic E-state index is -0.663. The maximum atomic E-state index is 13.3. The molecule has 174 valence electrons. The fraction of sp³-hybridized carbons (Fsp3) is 0.308. The van der Waals surface area contributed by atoms with Crippen molar-refractivity contribution in [2.45, 2.75) is 45.8 Å². The molecule has 0 heterocycles. The number of hydrogen-bond acceptors (Lipinski definition) is 3. The van der Waals surface area contributed by atoms with Gasteiger partial charge in [0.05, 0.1) is 4.47 Å². The highest BCUT2D eigenvalue weighted by atomic mass is 79.9. The van der Waals surface area contributed by atoms with Crippen LogP contribution >= 0.6 is 31.9 Å². The maximum Gasteiger partial charge on any atom is 0.261 e. The predicted molar refractivity (Wildman–Crippen MR) is 139 cm³/mol. The van der Waals surface area contributed by atoms with Crippen molar-refractivity contribution in [2.75, 3.05) is 6.61 Å². The molecule has 0 unspecified atom stereocenters. The van der Waals surface area contributed by atoms with Gasteiger partial charge in [-0.2, -0.15) is 0 Å². The summed E-state index contributed by atoms with van der Waals surface area (Å²) in [6, 6.07) is 18.8. The molecule has 0 aliphatic rings. The Hall–Kier alpha value is -2.38. The Morgan fingerprint density at radius 1 is 1.00 bits per heavy atom. The normalized spacial score (nSPS) is 12.3. The van der Waals surface area contributed by atoms with E-state index in [1.54, 1.807) is 11.8 Å². The van der Waals surface area contributed by atoms with Crippen molar-refractivity contribution in [1.82, 2.24) is 10.2 Å². The van der Waals surface area contributed by atoms with E-state index in [2.05, 4.69) is 37.2 Å². The van der Waals surface area contributed by atoms with Crippen molar-refractivity contribution < 1.29 is 14.3 Å². The summed E-state index contributed by atoms with van der Waals surface area (Å²) in [5, 5.41) is 5.05. The number of amides is 2. The Kier molecular flexibility index (Phi) is 8.19. The lowest BCUT2D eigenvalue weighted by Crippen LogP contribution is -2.53. The van der Waals surface area contributed by atoms with Gasteiger partial charge in [0.2, 0.25) is 5.91 Å². The molecular formula is C26H28Br2N2O3. The van der Waals surface area contributed by atoms with Crippen molar-refractivity contribution in [2.24, 2.45) is 0 Å². The summed E-state index contributed by atoms with van der Waals surface area (Å²) in [4.78, 5) is 27.7. The van der Waals surface area contributed by atoms with Crippen molar-refractivity contribution in [3.8, 4) is 5.75 Å². The van der Waals surface area contributed by atoms with E-state index < -0.39 is 11.6 Å². The second-order valence-electron chi connectivity index (χ2n) is 8.95. The van der Waals surface area contributed by atoms with Gasteiger partial charge in [-0.1, -0.05) is 58.4 Å². The molecule has 0 fully saturated rings. The van der Waals surface area contributed by atoms with Gasteiger partial charge in [-0.05, 0) is 78.2 Å². The van der Waals surface area contributed by atoms with Crippen LogP contribution in [0.4, 0.5) is 0 Å². The molecule has 0 aliphatic carbocycles. The summed E-state index contributed by atoms with van der Waals surface area (Å²) in [7, 11) is 0. The molecule has 7 heteroatoms. The number of rotatable bonds is 7. The van der Waals surface area contributed by atoms with Crippen LogP contribution in [-0.2, 0) is 16.1 Å². The van der Waals surface area contributed by atoms with Gasteiger partial charge in [0.1, 0.15) is 11.8 Å². The average molecular weight is 576 g/mol. The number of halogens is 2. The van der Waals surface area contributed by atoms with Crippen molar-refractivity contribution in [1.29, 1.82) is 0 Å². The third-order valence-electron chi connectivity index (χ3n) is 5.11. The van der Waals surface area contributed by atoms with E-state index in [-0.39, 0.29) is 18.4 Å². The van der Waals surface area contributed by atoms with Crippen LogP contribution in [0.2, 0.25) is 0 Å². The van der Waals surface area contributed by atoms with Gasteiger partial charge < -0.3 is 15.0 Å². The summed E-state index contributed by atoms with van der Waals surface area (Å²) in [5.41, 5.74) is 0.526. The van der Waals surface area contributed by atoms with Gasteiger partial charge in [-0.3, -0.25) is 9.59 Å². The Morgan fingerprint density at radius 2 is 1.67 bits per heavy atom. The largest absolute Gasteiger partial charge is 0.483 e. The second kappa shape index (κ2) is 10.7. The third-order valence-corrected chi connectivity index (χ3v) is 6.46. The van der Waals surface area contributed by atoms with Crippen LogP contribution in [0.1, 0.15) is 33.3 Å². The molecule has 3 rings (SSSR count). The van der Waals surface area contributed by atoms with Crippen LogP contribution < -0.4 is 10.1 Å². The molecule has 5 nitrogen and oxygen atoms in total. The molecule has 3 aromatic carbocycles. The van der Waals surface area contributed by atoms with Crippen LogP contribution in [0.15, 0.2) is 69.6 Å². The lowest BCUT2D eigenvalue weighted by Gasteiger charge is -2.31. The summed E-state index contributed by atoms with van der Waals surface area (Å²) in [6.07, 6.45) is 0. The molecule has 33 heavy (non-hydrogen) atoms. The molecule has 3 aromatic rings. The molecule has 1 N–H and O–H groups in total. The van der Waals surface area contributed by atoms with Gasteiger partial charge in [0.25, 0.3) is 5.91 Å². The number of carbonyl (C=O) groups is 2. The number of fused-ring (bicyclic) bond motifs is 1. The predicted octanol–water partition coefficient (Wildman–Crippen LogP) is 6.08. The van der Waals surface area contributed by atoms with Gasteiger partial charge in [-0.25, -0.2) is 0 Å². The van der Waals surface area contributed by atoms with Crippen LogP contribution in [0.3, 0.4) is 0 Å². The highest BCUT2D eigenvalue weighted by molar-refractivity contribution is 9.11. The highest BCUT2D eigenvalue weighted by Gasteiger charge is 2.28. The zero-order valence-corrected chi connectivity index (χ0v) is 22.4. The highest BCUT2D eigenvalue weighted by Crippen LogP contribution is 2.33. The molecule has 0 aliphatic heterocycles. The number of nitrogens with one attached hydrogen (secondary N) is 1. The summed E-state index contributed by atoms with van der Waals surface area (Å²) in [5.74, 6) is 0.104. The smallest absolute Gasteiger partial charge is 0.261 e.